The van der Waals surface area contributed by atoms with Crippen LogP contribution < -0.4 is 0 Å². The van der Waals surface area contributed by atoms with E-state index in [0.717, 1.165) is 5.01 Å². The highest BCUT2D eigenvalue weighted by Gasteiger charge is 2.25. The molecule has 2 rings (SSSR count). The van der Waals surface area contributed by atoms with Gasteiger partial charge in [-0.05, 0) is 12.1 Å². The van der Waals surface area contributed by atoms with Gasteiger partial charge in [-0.2, -0.15) is 0 Å². The van der Waals surface area contributed by atoms with Gasteiger partial charge in [0.25, 0.3) is 0 Å². The summed E-state index contributed by atoms with van der Waals surface area (Å²) in [5.41, 5.74) is -0.368. The molecule has 0 aliphatic heterocycles. The number of rotatable bonds is 2. The fourth-order valence-electron chi connectivity index (χ4n) is 1.26. The quantitative estimate of drug-likeness (QED) is 0.746. The normalized spacial score (nSPS) is 11.7. The maximum Gasteiger partial charge on any atom is 0.179 e. The van der Waals surface area contributed by atoms with E-state index >= 15 is 0 Å². The molecule has 0 fully saturated rings. The summed E-state index contributed by atoms with van der Waals surface area (Å²) < 4.78 is 5.23. The van der Waals surface area contributed by atoms with Crippen molar-refractivity contribution in [1.29, 1.82) is 0 Å². The summed E-state index contributed by atoms with van der Waals surface area (Å²) in [5, 5.41) is 0.748. The van der Waals surface area contributed by atoms with Gasteiger partial charge in [0.1, 0.15) is 0 Å². The van der Waals surface area contributed by atoms with Crippen LogP contribution in [0.25, 0.3) is 10.8 Å². The summed E-state index contributed by atoms with van der Waals surface area (Å²) in [7, 11) is 0. The fraction of sp³-hybridized carbons (Fsp3) is 0.333. The van der Waals surface area contributed by atoms with E-state index in [-0.39, 0.29) is 11.2 Å². The Balaban J connectivity index is 2.31. The van der Waals surface area contributed by atoms with Crippen molar-refractivity contribution in [3.8, 4) is 10.8 Å². The zero-order valence-electron chi connectivity index (χ0n) is 9.48. The first-order chi connectivity index (χ1) is 7.48. The van der Waals surface area contributed by atoms with Gasteiger partial charge in [0, 0.05) is 11.6 Å². The molecule has 0 radical (unpaired) electrons. The molecule has 2 heterocycles. The SMILES string of the molecule is CC(C)(C)C(=O)c1cnc(-c2ccco2)s1. The van der Waals surface area contributed by atoms with Gasteiger partial charge < -0.3 is 4.42 Å². The lowest BCUT2D eigenvalue weighted by Gasteiger charge is -2.14. The molecule has 0 bridgehead atoms. The Hall–Kier alpha value is -1.42. The highest BCUT2D eigenvalue weighted by molar-refractivity contribution is 7.16. The number of hydrogen-bond acceptors (Lipinski definition) is 4. The topological polar surface area (TPSA) is 43.1 Å². The average molecular weight is 235 g/mol. The first-order valence-electron chi connectivity index (χ1n) is 5.03. The standard InChI is InChI=1S/C12H13NO2S/c1-12(2,3)10(14)9-7-13-11(16-9)8-5-4-6-15-8/h4-7H,1-3H3. The third-order valence-electron chi connectivity index (χ3n) is 2.14. The minimum atomic E-state index is -0.368. The molecule has 0 aliphatic rings. The van der Waals surface area contributed by atoms with Crippen molar-refractivity contribution in [1.82, 2.24) is 4.98 Å². The lowest BCUT2D eigenvalue weighted by molar-refractivity contribution is 0.0862. The maximum absolute atomic E-state index is 12.0. The molecule has 0 amide bonds. The molecule has 0 unspecified atom stereocenters. The van der Waals surface area contributed by atoms with E-state index in [1.54, 1.807) is 12.5 Å². The zero-order chi connectivity index (χ0) is 11.8. The van der Waals surface area contributed by atoms with E-state index in [9.17, 15) is 4.79 Å². The van der Waals surface area contributed by atoms with Gasteiger partial charge >= 0.3 is 0 Å². The van der Waals surface area contributed by atoms with Crippen molar-refractivity contribution in [3.05, 3.63) is 29.5 Å². The molecule has 0 aliphatic carbocycles. The van der Waals surface area contributed by atoms with Gasteiger partial charge in [0.05, 0.1) is 11.1 Å². The third kappa shape index (κ3) is 2.07. The Morgan fingerprint density at radius 2 is 2.19 bits per heavy atom. The first-order valence-corrected chi connectivity index (χ1v) is 5.84. The number of hydrogen-bond donors (Lipinski definition) is 0. The van der Waals surface area contributed by atoms with Crippen LogP contribution in [0.2, 0.25) is 0 Å². The molecular weight excluding hydrogens is 222 g/mol. The fourth-order valence-corrected chi connectivity index (χ4v) is 2.30. The second-order valence-corrected chi connectivity index (χ2v) is 5.62. The number of thiazole rings is 1. The molecule has 84 valence electrons. The van der Waals surface area contributed by atoms with E-state index < -0.39 is 0 Å². The summed E-state index contributed by atoms with van der Waals surface area (Å²) in [6, 6.07) is 3.65. The van der Waals surface area contributed by atoms with Crippen LogP contribution >= 0.6 is 11.3 Å². The van der Waals surface area contributed by atoms with Gasteiger partial charge in [-0.1, -0.05) is 20.8 Å². The van der Waals surface area contributed by atoms with Gasteiger partial charge in [-0.15, -0.1) is 11.3 Å². The smallest absolute Gasteiger partial charge is 0.179 e. The van der Waals surface area contributed by atoms with Crippen LogP contribution in [0, 0.1) is 5.41 Å². The average Bonchev–Trinajstić information content (AvgIpc) is 2.85. The van der Waals surface area contributed by atoms with Crippen molar-refractivity contribution < 1.29 is 9.21 Å². The molecule has 0 saturated carbocycles. The van der Waals surface area contributed by atoms with Crippen molar-refractivity contribution in [2.45, 2.75) is 20.8 Å². The second-order valence-electron chi connectivity index (χ2n) is 4.59. The summed E-state index contributed by atoms with van der Waals surface area (Å²) in [5.74, 6) is 0.820. The summed E-state index contributed by atoms with van der Waals surface area (Å²) in [6.45, 7) is 5.71. The minimum Gasteiger partial charge on any atom is -0.462 e. The second kappa shape index (κ2) is 3.87. The molecule has 2 aromatic rings. The Kier molecular flexibility index (Phi) is 2.68. The molecule has 4 heteroatoms. The van der Waals surface area contributed by atoms with Gasteiger partial charge in [0.15, 0.2) is 16.6 Å². The Bertz CT molecular complexity index is 491. The summed E-state index contributed by atoms with van der Waals surface area (Å²) in [6.07, 6.45) is 3.22. The number of nitrogens with zero attached hydrogens (tertiary/aromatic N) is 1. The number of carbonyl (C=O) groups excluding carboxylic acids is 1. The van der Waals surface area contributed by atoms with E-state index in [0.29, 0.717) is 10.6 Å². The molecule has 0 saturated heterocycles. The van der Waals surface area contributed by atoms with Crippen molar-refractivity contribution in [3.63, 3.8) is 0 Å². The summed E-state index contributed by atoms with van der Waals surface area (Å²) in [4.78, 5) is 16.9. The van der Waals surface area contributed by atoms with Crippen molar-refractivity contribution >= 4 is 17.1 Å². The predicted molar refractivity (Wildman–Crippen MR) is 63.6 cm³/mol. The van der Waals surface area contributed by atoms with Crippen LogP contribution in [-0.2, 0) is 0 Å². The van der Waals surface area contributed by atoms with Crippen molar-refractivity contribution in [2.75, 3.05) is 0 Å². The highest BCUT2D eigenvalue weighted by Crippen LogP contribution is 2.29. The lowest BCUT2D eigenvalue weighted by atomic mass is 9.90. The van der Waals surface area contributed by atoms with Crippen LogP contribution in [0.4, 0.5) is 0 Å². The molecule has 0 aromatic carbocycles. The first kappa shape index (κ1) is 11.1. The lowest BCUT2D eigenvalue weighted by Crippen LogP contribution is -2.18. The van der Waals surface area contributed by atoms with Crippen LogP contribution in [0.1, 0.15) is 30.4 Å². The van der Waals surface area contributed by atoms with E-state index in [1.807, 2.05) is 32.9 Å². The van der Waals surface area contributed by atoms with Crippen LogP contribution in [-0.4, -0.2) is 10.8 Å². The van der Waals surface area contributed by atoms with E-state index in [4.69, 9.17) is 4.42 Å². The number of furan rings is 1. The Morgan fingerprint density at radius 1 is 1.44 bits per heavy atom. The zero-order valence-corrected chi connectivity index (χ0v) is 10.3. The largest absolute Gasteiger partial charge is 0.462 e. The van der Waals surface area contributed by atoms with Crippen LogP contribution in [0.15, 0.2) is 29.0 Å². The molecule has 2 aromatic heterocycles. The van der Waals surface area contributed by atoms with Gasteiger partial charge in [-0.25, -0.2) is 4.98 Å². The number of ketones is 1. The maximum atomic E-state index is 12.0. The number of carbonyl (C=O) groups is 1. The van der Waals surface area contributed by atoms with Gasteiger partial charge in [-0.3, -0.25) is 4.79 Å². The summed E-state index contributed by atoms with van der Waals surface area (Å²) >= 11 is 1.37. The number of Topliss-reactive ketones (excluding diaryl/α,β-unsaturated/α-hetero) is 1. The van der Waals surface area contributed by atoms with Crippen LogP contribution in [0.3, 0.4) is 0 Å². The minimum absolute atomic E-state index is 0.114. The Morgan fingerprint density at radius 3 is 2.75 bits per heavy atom. The highest BCUT2D eigenvalue weighted by atomic mass is 32.1. The molecule has 0 N–H and O–H groups in total. The predicted octanol–water partition coefficient (Wildman–Crippen LogP) is 3.63. The molecule has 0 spiro atoms. The van der Waals surface area contributed by atoms with Crippen LogP contribution in [0.5, 0.6) is 0 Å². The van der Waals surface area contributed by atoms with E-state index in [2.05, 4.69) is 4.98 Å². The number of aromatic nitrogens is 1. The molecule has 3 nitrogen and oxygen atoms in total. The molecule has 0 atom stereocenters. The molecule has 16 heavy (non-hydrogen) atoms. The third-order valence-corrected chi connectivity index (χ3v) is 3.15. The monoisotopic (exact) mass is 235 g/mol. The van der Waals surface area contributed by atoms with Gasteiger partial charge in [0.2, 0.25) is 0 Å². The van der Waals surface area contributed by atoms with E-state index in [1.165, 1.54) is 11.3 Å². The molecular formula is C12H13NO2S. The van der Waals surface area contributed by atoms with Crippen molar-refractivity contribution in [2.24, 2.45) is 5.41 Å². The Labute approximate surface area is 98.1 Å².